The Morgan fingerprint density at radius 3 is 2.87 bits per heavy atom. The van der Waals surface area contributed by atoms with Crippen LogP contribution in [-0.4, -0.2) is 42.3 Å². The van der Waals surface area contributed by atoms with E-state index in [2.05, 4.69) is 10.1 Å². The van der Waals surface area contributed by atoms with Gasteiger partial charge in [0.1, 0.15) is 0 Å². The van der Waals surface area contributed by atoms with Crippen molar-refractivity contribution in [3.05, 3.63) is 17.5 Å². The van der Waals surface area contributed by atoms with E-state index in [1.165, 1.54) is 0 Å². The highest BCUT2D eigenvalue weighted by molar-refractivity contribution is 5.90. The van der Waals surface area contributed by atoms with Crippen LogP contribution in [0.25, 0.3) is 0 Å². The van der Waals surface area contributed by atoms with Crippen LogP contribution in [0.4, 0.5) is 0 Å². The van der Waals surface area contributed by atoms with Crippen LogP contribution in [0.5, 0.6) is 0 Å². The van der Waals surface area contributed by atoms with Gasteiger partial charge in [0.15, 0.2) is 11.5 Å². The summed E-state index contributed by atoms with van der Waals surface area (Å²) in [5, 5.41) is 3.57. The molecule has 82 valence electrons. The van der Waals surface area contributed by atoms with Crippen molar-refractivity contribution in [2.24, 2.45) is 5.73 Å². The van der Waals surface area contributed by atoms with Crippen molar-refractivity contribution in [1.29, 1.82) is 0 Å². The molecule has 1 amide bonds. The molecule has 6 nitrogen and oxygen atoms in total. The van der Waals surface area contributed by atoms with E-state index in [4.69, 9.17) is 15.0 Å². The summed E-state index contributed by atoms with van der Waals surface area (Å²) in [6, 6.07) is 1.58. The Morgan fingerprint density at radius 1 is 1.53 bits per heavy atom. The number of ether oxygens (including phenoxy) is 1. The van der Waals surface area contributed by atoms with Crippen LogP contribution >= 0.6 is 0 Å². The first kappa shape index (κ1) is 10.1. The van der Waals surface area contributed by atoms with Gasteiger partial charge in [0.2, 0.25) is 0 Å². The zero-order valence-corrected chi connectivity index (χ0v) is 8.31. The second kappa shape index (κ2) is 4.41. The van der Waals surface area contributed by atoms with Gasteiger partial charge in [0, 0.05) is 19.2 Å². The number of morpholine rings is 1. The summed E-state index contributed by atoms with van der Waals surface area (Å²) in [7, 11) is 0. The van der Waals surface area contributed by atoms with Crippen LogP contribution in [0, 0.1) is 0 Å². The maximum Gasteiger partial charge on any atom is 0.270 e. The summed E-state index contributed by atoms with van der Waals surface area (Å²) in [5.74, 6) is 0.0951. The van der Waals surface area contributed by atoms with Gasteiger partial charge in [-0.05, 0) is 0 Å². The summed E-state index contributed by atoms with van der Waals surface area (Å²) < 4.78 is 10.2. The van der Waals surface area contributed by atoms with E-state index >= 15 is 0 Å². The smallest absolute Gasteiger partial charge is 0.270 e. The Hall–Kier alpha value is -1.40. The molecule has 1 aromatic rings. The Bertz CT molecular complexity index is 344. The van der Waals surface area contributed by atoms with Crippen molar-refractivity contribution in [2.45, 2.75) is 6.54 Å². The van der Waals surface area contributed by atoms with Crippen molar-refractivity contribution in [2.75, 3.05) is 26.3 Å². The van der Waals surface area contributed by atoms with Crippen LogP contribution < -0.4 is 5.73 Å². The fourth-order valence-electron chi connectivity index (χ4n) is 1.48. The lowest BCUT2D eigenvalue weighted by atomic mass is 10.3. The molecule has 0 bridgehead atoms. The van der Waals surface area contributed by atoms with Crippen molar-refractivity contribution >= 4 is 5.91 Å². The molecule has 0 aromatic carbocycles. The van der Waals surface area contributed by atoms with E-state index in [0.717, 1.165) is 26.3 Å². The number of amides is 1. The van der Waals surface area contributed by atoms with Gasteiger partial charge in [-0.1, -0.05) is 5.16 Å². The van der Waals surface area contributed by atoms with Gasteiger partial charge in [-0.3, -0.25) is 9.69 Å². The highest BCUT2D eigenvalue weighted by atomic mass is 16.5. The Morgan fingerprint density at radius 2 is 2.27 bits per heavy atom. The molecule has 1 aliphatic rings. The number of aromatic nitrogens is 1. The van der Waals surface area contributed by atoms with E-state index in [-0.39, 0.29) is 5.69 Å². The highest BCUT2D eigenvalue weighted by Gasteiger charge is 2.14. The first-order valence-electron chi connectivity index (χ1n) is 4.81. The normalized spacial score (nSPS) is 17.9. The van der Waals surface area contributed by atoms with Gasteiger partial charge < -0.3 is 15.0 Å². The minimum absolute atomic E-state index is 0.179. The van der Waals surface area contributed by atoms with E-state index in [9.17, 15) is 4.79 Å². The van der Waals surface area contributed by atoms with Gasteiger partial charge in [-0.2, -0.15) is 0 Å². The number of carbonyl (C=O) groups is 1. The molecule has 0 aliphatic carbocycles. The number of hydrogen-bond acceptors (Lipinski definition) is 5. The molecule has 0 unspecified atom stereocenters. The molecule has 2 heterocycles. The van der Waals surface area contributed by atoms with E-state index in [1.54, 1.807) is 6.07 Å². The predicted octanol–water partition coefficient (Wildman–Crippen LogP) is -0.394. The molecule has 1 fully saturated rings. The van der Waals surface area contributed by atoms with Crippen LogP contribution in [0.3, 0.4) is 0 Å². The summed E-state index contributed by atoms with van der Waals surface area (Å²) in [6.45, 7) is 3.84. The first-order chi connectivity index (χ1) is 7.25. The lowest BCUT2D eigenvalue weighted by Gasteiger charge is -2.25. The molecule has 0 atom stereocenters. The minimum atomic E-state index is -0.563. The maximum atomic E-state index is 10.8. The summed E-state index contributed by atoms with van der Waals surface area (Å²) in [5.41, 5.74) is 5.24. The average molecular weight is 211 g/mol. The SMILES string of the molecule is NC(=O)c1cc(CN2CCOCC2)on1. The molecule has 2 N–H and O–H groups in total. The third-order valence-corrected chi connectivity index (χ3v) is 2.29. The number of primary amides is 1. The van der Waals surface area contributed by atoms with E-state index in [1.807, 2.05) is 0 Å². The quantitative estimate of drug-likeness (QED) is 0.736. The van der Waals surface area contributed by atoms with Gasteiger partial charge in [-0.25, -0.2) is 0 Å². The number of nitrogens with zero attached hydrogens (tertiary/aromatic N) is 2. The molecule has 1 aliphatic heterocycles. The molecule has 0 saturated carbocycles. The van der Waals surface area contributed by atoms with Gasteiger partial charge in [0.25, 0.3) is 5.91 Å². The van der Waals surface area contributed by atoms with E-state index < -0.39 is 5.91 Å². The second-order valence-corrected chi connectivity index (χ2v) is 3.43. The molecule has 2 rings (SSSR count). The van der Waals surface area contributed by atoms with Crippen molar-refractivity contribution in [3.8, 4) is 0 Å². The minimum Gasteiger partial charge on any atom is -0.379 e. The number of hydrogen-bond donors (Lipinski definition) is 1. The fraction of sp³-hybridized carbons (Fsp3) is 0.556. The molecule has 0 radical (unpaired) electrons. The lowest BCUT2D eigenvalue weighted by molar-refractivity contribution is 0.0305. The largest absolute Gasteiger partial charge is 0.379 e. The zero-order chi connectivity index (χ0) is 10.7. The van der Waals surface area contributed by atoms with Crippen LogP contribution in [0.1, 0.15) is 16.2 Å². The molecular weight excluding hydrogens is 198 g/mol. The average Bonchev–Trinajstić information content (AvgIpc) is 2.68. The van der Waals surface area contributed by atoms with Crippen LogP contribution in [0.2, 0.25) is 0 Å². The highest BCUT2D eigenvalue weighted by Crippen LogP contribution is 2.08. The van der Waals surface area contributed by atoms with Gasteiger partial charge in [0.05, 0.1) is 19.8 Å². The van der Waals surface area contributed by atoms with Crippen molar-refractivity contribution < 1.29 is 14.1 Å². The predicted molar refractivity (Wildman–Crippen MR) is 51.1 cm³/mol. The fourth-order valence-corrected chi connectivity index (χ4v) is 1.48. The number of carbonyl (C=O) groups excluding carboxylic acids is 1. The second-order valence-electron chi connectivity index (χ2n) is 3.43. The third-order valence-electron chi connectivity index (χ3n) is 2.29. The van der Waals surface area contributed by atoms with Gasteiger partial charge >= 0.3 is 0 Å². The molecule has 6 heteroatoms. The number of nitrogens with two attached hydrogens (primary N) is 1. The standard InChI is InChI=1S/C9H13N3O3/c10-9(13)8-5-7(15-11-8)6-12-1-3-14-4-2-12/h5H,1-4,6H2,(H2,10,13). The molecule has 1 saturated heterocycles. The van der Waals surface area contributed by atoms with Crippen molar-refractivity contribution in [1.82, 2.24) is 10.1 Å². The third kappa shape index (κ3) is 2.54. The lowest BCUT2D eigenvalue weighted by Crippen LogP contribution is -2.35. The monoisotopic (exact) mass is 211 g/mol. The van der Waals surface area contributed by atoms with Crippen LogP contribution in [0.15, 0.2) is 10.6 Å². The topological polar surface area (TPSA) is 81.6 Å². The Balaban J connectivity index is 1.94. The first-order valence-corrected chi connectivity index (χ1v) is 4.81. The summed E-state index contributed by atoms with van der Waals surface area (Å²) in [4.78, 5) is 12.9. The maximum absolute atomic E-state index is 10.8. The molecule has 1 aromatic heterocycles. The zero-order valence-electron chi connectivity index (χ0n) is 8.31. The Kier molecular flexibility index (Phi) is 2.98. The van der Waals surface area contributed by atoms with E-state index in [0.29, 0.717) is 12.3 Å². The molecular formula is C9H13N3O3. The molecule has 15 heavy (non-hydrogen) atoms. The van der Waals surface area contributed by atoms with Crippen molar-refractivity contribution in [3.63, 3.8) is 0 Å². The van der Waals surface area contributed by atoms with Crippen LogP contribution in [-0.2, 0) is 11.3 Å². The molecule has 0 spiro atoms. The summed E-state index contributed by atoms with van der Waals surface area (Å²) in [6.07, 6.45) is 0. The Labute approximate surface area is 87.0 Å². The number of rotatable bonds is 3. The summed E-state index contributed by atoms with van der Waals surface area (Å²) >= 11 is 0. The van der Waals surface area contributed by atoms with Gasteiger partial charge in [-0.15, -0.1) is 0 Å².